The van der Waals surface area contributed by atoms with Crippen molar-refractivity contribution in [3.8, 4) is 0 Å². The van der Waals surface area contributed by atoms with Gasteiger partial charge in [0.25, 0.3) is 5.56 Å². The van der Waals surface area contributed by atoms with Crippen LogP contribution >= 0.6 is 11.8 Å². The van der Waals surface area contributed by atoms with Crippen molar-refractivity contribution in [1.82, 2.24) is 9.55 Å². The number of hydrogen-bond donors (Lipinski definition) is 2. The normalized spacial score (nSPS) is 11.8. The van der Waals surface area contributed by atoms with E-state index in [0.29, 0.717) is 34.3 Å². The number of para-hydroxylation sites is 1. The zero-order valence-electron chi connectivity index (χ0n) is 16.5. The first-order valence-corrected chi connectivity index (χ1v) is 10.6. The molecule has 0 saturated carbocycles. The Hall–Kier alpha value is -3.33. The Morgan fingerprint density at radius 2 is 1.83 bits per heavy atom. The first-order chi connectivity index (χ1) is 14.5. The fraction of sp³-hybridized carbons (Fsp3) is 0.238. The van der Waals surface area contributed by atoms with Crippen molar-refractivity contribution >= 4 is 40.2 Å². The van der Waals surface area contributed by atoms with Crippen molar-refractivity contribution in [2.45, 2.75) is 12.5 Å². The third-order valence-electron chi connectivity index (χ3n) is 4.62. The molecule has 0 bridgehead atoms. The van der Waals surface area contributed by atoms with E-state index in [1.807, 2.05) is 6.26 Å². The predicted molar refractivity (Wildman–Crippen MR) is 117 cm³/mol. The highest BCUT2D eigenvalue weighted by atomic mass is 32.2. The van der Waals surface area contributed by atoms with Gasteiger partial charge in [0.1, 0.15) is 6.04 Å². The van der Waals surface area contributed by atoms with E-state index >= 15 is 0 Å². The maximum Gasteiger partial charge on any atom is 0.337 e. The Kier molecular flexibility index (Phi) is 6.73. The minimum Gasteiger partial charge on any atom is -0.465 e. The van der Waals surface area contributed by atoms with Crippen molar-refractivity contribution in [3.05, 3.63) is 74.9 Å². The fourth-order valence-electron chi connectivity index (χ4n) is 3.10. The zero-order chi connectivity index (χ0) is 21.7. The number of aromatic amines is 1. The molecule has 3 rings (SSSR count). The van der Waals surface area contributed by atoms with Gasteiger partial charge < -0.3 is 15.0 Å². The molecule has 0 fully saturated rings. The van der Waals surface area contributed by atoms with Crippen LogP contribution in [0.3, 0.4) is 0 Å². The molecule has 30 heavy (non-hydrogen) atoms. The maximum atomic E-state index is 13.0. The average molecular weight is 427 g/mol. The predicted octanol–water partition coefficient (Wildman–Crippen LogP) is 2.41. The second-order valence-electron chi connectivity index (χ2n) is 6.51. The van der Waals surface area contributed by atoms with Crippen molar-refractivity contribution in [3.63, 3.8) is 0 Å². The van der Waals surface area contributed by atoms with Crippen LogP contribution in [0.15, 0.2) is 58.1 Å². The fourth-order valence-corrected chi connectivity index (χ4v) is 3.56. The minimum absolute atomic E-state index is 0.300. The molecule has 0 radical (unpaired) electrons. The van der Waals surface area contributed by atoms with Crippen molar-refractivity contribution < 1.29 is 14.3 Å². The van der Waals surface area contributed by atoms with E-state index in [0.717, 1.165) is 4.57 Å². The molecule has 0 aliphatic carbocycles. The second kappa shape index (κ2) is 9.45. The summed E-state index contributed by atoms with van der Waals surface area (Å²) in [6, 6.07) is 11.8. The number of thioether (sulfide) groups is 1. The Morgan fingerprint density at radius 1 is 1.13 bits per heavy atom. The van der Waals surface area contributed by atoms with E-state index in [-0.39, 0.29) is 0 Å². The van der Waals surface area contributed by atoms with E-state index in [1.54, 1.807) is 36.4 Å². The van der Waals surface area contributed by atoms with Gasteiger partial charge in [0, 0.05) is 5.69 Å². The topological polar surface area (TPSA) is 110 Å². The molecule has 1 heterocycles. The van der Waals surface area contributed by atoms with Gasteiger partial charge in [-0.2, -0.15) is 11.8 Å². The molecule has 1 atom stereocenters. The second-order valence-corrected chi connectivity index (χ2v) is 7.49. The number of carbonyl (C=O) groups is 2. The Balaban J connectivity index is 1.96. The minimum atomic E-state index is -0.987. The number of nitrogens with one attached hydrogen (secondary N) is 2. The molecule has 1 amide bonds. The highest BCUT2D eigenvalue weighted by Crippen LogP contribution is 2.17. The number of carbonyl (C=O) groups excluding carboxylic acids is 2. The molecule has 0 aliphatic heterocycles. The van der Waals surface area contributed by atoms with Crippen LogP contribution in [0.2, 0.25) is 0 Å². The van der Waals surface area contributed by atoms with Crippen molar-refractivity contribution in [2.24, 2.45) is 0 Å². The lowest BCUT2D eigenvalue weighted by Gasteiger charge is -2.19. The number of rotatable bonds is 7. The van der Waals surface area contributed by atoms with Crippen LogP contribution in [0.5, 0.6) is 0 Å². The van der Waals surface area contributed by atoms with Gasteiger partial charge in [0.2, 0.25) is 5.91 Å². The number of anilines is 1. The highest BCUT2D eigenvalue weighted by molar-refractivity contribution is 7.98. The molecule has 1 aromatic heterocycles. The van der Waals surface area contributed by atoms with E-state index < -0.39 is 29.2 Å². The standard InChI is InChI=1S/C21H21N3O5S/c1-29-20(27)13-7-9-14(10-8-13)22-18(25)17(11-12-30-2)24-19(26)15-5-3-4-6-16(15)23-21(24)28/h3-10,17H,11-12H2,1-2H3,(H,22,25)(H,23,28). The summed E-state index contributed by atoms with van der Waals surface area (Å²) >= 11 is 1.51. The smallest absolute Gasteiger partial charge is 0.337 e. The summed E-state index contributed by atoms with van der Waals surface area (Å²) in [5, 5.41) is 3.06. The van der Waals surface area contributed by atoms with Gasteiger partial charge in [-0.3, -0.25) is 9.59 Å². The molecule has 2 N–H and O–H groups in total. The van der Waals surface area contributed by atoms with Gasteiger partial charge >= 0.3 is 11.7 Å². The molecular weight excluding hydrogens is 406 g/mol. The van der Waals surface area contributed by atoms with Gasteiger partial charge in [-0.1, -0.05) is 12.1 Å². The van der Waals surface area contributed by atoms with Gasteiger partial charge in [-0.05, 0) is 54.8 Å². The number of amides is 1. The average Bonchev–Trinajstić information content (AvgIpc) is 2.75. The van der Waals surface area contributed by atoms with E-state index in [9.17, 15) is 19.2 Å². The largest absolute Gasteiger partial charge is 0.465 e. The number of fused-ring (bicyclic) bond motifs is 1. The Labute approximate surface area is 176 Å². The molecule has 8 nitrogen and oxygen atoms in total. The lowest BCUT2D eigenvalue weighted by atomic mass is 10.1. The number of ether oxygens (including phenoxy) is 1. The summed E-state index contributed by atoms with van der Waals surface area (Å²) in [6.07, 6.45) is 2.18. The SMILES string of the molecule is COC(=O)c1ccc(NC(=O)C(CCSC)n2c(=O)[nH]c3ccccc3c2=O)cc1. The third-order valence-corrected chi connectivity index (χ3v) is 5.26. The van der Waals surface area contributed by atoms with Gasteiger partial charge in [0.05, 0.1) is 23.6 Å². The molecule has 156 valence electrons. The number of esters is 1. The van der Waals surface area contributed by atoms with Crippen LogP contribution in [0.4, 0.5) is 5.69 Å². The quantitative estimate of drug-likeness (QED) is 0.561. The number of hydrogen-bond acceptors (Lipinski definition) is 6. The molecule has 3 aromatic rings. The van der Waals surface area contributed by atoms with Crippen LogP contribution in [-0.2, 0) is 9.53 Å². The Morgan fingerprint density at radius 3 is 2.50 bits per heavy atom. The van der Waals surface area contributed by atoms with Crippen LogP contribution in [-0.4, -0.2) is 40.5 Å². The molecule has 1 unspecified atom stereocenters. The van der Waals surface area contributed by atoms with Gasteiger partial charge in [-0.15, -0.1) is 0 Å². The molecule has 0 spiro atoms. The van der Waals surface area contributed by atoms with Gasteiger partial charge in [-0.25, -0.2) is 14.2 Å². The van der Waals surface area contributed by atoms with E-state index in [2.05, 4.69) is 15.0 Å². The lowest BCUT2D eigenvalue weighted by Crippen LogP contribution is -2.43. The zero-order valence-corrected chi connectivity index (χ0v) is 17.3. The van der Waals surface area contributed by atoms with Crippen LogP contribution in [0.1, 0.15) is 22.8 Å². The third kappa shape index (κ3) is 4.46. The summed E-state index contributed by atoms with van der Waals surface area (Å²) in [5.74, 6) is -0.393. The molecule has 2 aromatic carbocycles. The monoisotopic (exact) mass is 427 g/mol. The number of aromatic nitrogens is 2. The summed E-state index contributed by atoms with van der Waals surface area (Å²) in [7, 11) is 1.28. The van der Waals surface area contributed by atoms with Crippen LogP contribution < -0.4 is 16.6 Å². The Bertz CT molecular complexity index is 1180. The first-order valence-electron chi connectivity index (χ1n) is 9.18. The maximum absolute atomic E-state index is 13.0. The molecular formula is C21H21N3O5S. The highest BCUT2D eigenvalue weighted by Gasteiger charge is 2.25. The molecule has 0 aliphatic rings. The van der Waals surface area contributed by atoms with E-state index in [1.165, 1.54) is 31.0 Å². The molecule has 9 heteroatoms. The lowest BCUT2D eigenvalue weighted by molar-refractivity contribution is -0.119. The van der Waals surface area contributed by atoms with E-state index in [4.69, 9.17) is 0 Å². The van der Waals surface area contributed by atoms with Crippen LogP contribution in [0, 0.1) is 0 Å². The number of H-pyrrole nitrogens is 1. The first kappa shape index (κ1) is 21.4. The summed E-state index contributed by atoms with van der Waals surface area (Å²) in [6.45, 7) is 0. The van der Waals surface area contributed by atoms with Crippen LogP contribution in [0.25, 0.3) is 10.9 Å². The summed E-state index contributed by atoms with van der Waals surface area (Å²) < 4.78 is 5.62. The number of methoxy groups -OCH3 is 1. The van der Waals surface area contributed by atoms with Gasteiger partial charge in [0.15, 0.2) is 0 Å². The van der Waals surface area contributed by atoms with Crippen molar-refractivity contribution in [1.29, 1.82) is 0 Å². The number of benzene rings is 2. The summed E-state index contributed by atoms with van der Waals surface area (Å²) in [4.78, 5) is 52.8. The summed E-state index contributed by atoms with van der Waals surface area (Å²) in [5.41, 5.74) is 0.0486. The number of nitrogens with zero attached hydrogens (tertiary/aromatic N) is 1. The molecule has 0 saturated heterocycles. The van der Waals surface area contributed by atoms with Crippen molar-refractivity contribution in [2.75, 3.05) is 24.4 Å².